The minimum atomic E-state index is -0.168. The van der Waals surface area contributed by atoms with E-state index in [0.29, 0.717) is 22.5 Å². The van der Waals surface area contributed by atoms with E-state index in [9.17, 15) is 9.59 Å². The number of carbonyl (C=O) groups excluding carboxylic acids is 2. The average Bonchev–Trinajstić information content (AvgIpc) is 2.89. The third-order valence-electron chi connectivity index (χ3n) is 6.69. The van der Waals surface area contributed by atoms with Crippen molar-refractivity contribution < 1.29 is 9.59 Å². The van der Waals surface area contributed by atoms with E-state index >= 15 is 0 Å². The lowest BCUT2D eigenvalue weighted by atomic mass is 9.86. The number of carbonyl (C=O) groups is 2. The first-order valence-electron chi connectivity index (χ1n) is 13.2. The van der Waals surface area contributed by atoms with Crippen LogP contribution in [0.1, 0.15) is 63.5 Å². The SMILES string of the molecule is CCCCCc1ccc(NC2=C3C(=O)C=CC(Nc4ccc(CCCCC)cc4)=C3C(=O)C=C2)cc1. The lowest BCUT2D eigenvalue weighted by molar-refractivity contribution is -0.114. The molecule has 0 unspecified atom stereocenters. The molecule has 0 spiro atoms. The molecule has 0 fully saturated rings. The summed E-state index contributed by atoms with van der Waals surface area (Å²) in [5.74, 6) is -0.337. The molecule has 0 bridgehead atoms. The minimum Gasteiger partial charge on any atom is -0.355 e. The van der Waals surface area contributed by atoms with Crippen molar-refractivity contribution in [2.45, 2.75) is 65.2 Å². The first-order chi connectivity index (χ1) is 17.6. The van der Waals surface area contributed by atoms with Crippen LogP contribution in [0.15, 0.2) is 95.4 Å². The quantitative estimate of drug-likeness (QED) is 0.310. The van der Waals surface area contributed by atoms with Gasteiger partial charge < -0.3 is 10.6 Å². The van der Waals surface area contributed by atoms with E-state index in [1.165, 1.54) is 61.8 Å². The van der Waals surface area contributed by atoms with Gasteiger partial charge in [-0.3, -0.25) is 9.59 Å². The van der Waals surface area contributed by atoms with Gasteiger partial charge in [0.1, 0.15) is 0 Å². The van der Waals surface area contributed by atoms with Crippen LogP contribution >= 0.6 is 0 Å². The number of rotatable bonds is 12. The monoisotopic (exact) mass is 480 g/mol. The molecule has 0 heterocycles. The van der Waals surface area contributed by atoms with E-state index in [-0.39, 0.29) is 11.6 Å². The van der Waals surface area contributed by atoms with Gasteiger partial charge in [-0.25, -0.2) is 0 Å². The van der Waals surface area contributed by atoms with Crippen molar-refractivity contribution in [3.8, 4) is 0 Å². The Kier molecular flexibility index (Phi) is 8.72. The van der Waals surface area contributed by atoms with E-state index in [1.807, 2.05) is 24.3 Å². The van der Waals surface area contributed by atoms with Crippen molar-refractivity contribution >= 4 is 22.9 Å². The Balaban J connectivity index is 1.54. The van der Waals surface area contributed by atoms with Crippen LogP contribution in [-0.4, -0.2) is 11.6 Å². The third kappa shape index (κ3) is 6.31. The molecule has 36 heavy (non-hydrogen) atoms. The number of hydrogen-bond acceptors (Lipinski definition) is 4. The second kappa shape index (κ2) is 12.3. The van der Waals surface area contributed by atoms with Gasteiger partial charge >= 0.3 is 0 Å². The summed E-state index contributed by atoms with van der Waals surface area (Å²) in [6.45, 7) is 4.42. The molecule has 0 aliphatic heterocycles. The van der Waals surface area contributed by atoms with E-state index in [0.717, 1.165) is 24.2 Å². The maximum atomic E-state index is 12.9. The van der Waals surface area contributed by atoms with Gasteiger partial charge in [0.05, 0.1) is 22.5 Å². The molecule has 0 aromatic heterocycles. The molecule has 2 N–H and O–H groups in total. The summed E-state index contributed by atoms with van der Waals surface area (Å²) in [5.41, 5.74) is 6.51. The Morgan fingerprint density at radius 1 is 0.528 bits per heavy atom. The largest absolute Gasteiger partial charge is 0.355 e. The average molecular weight is 481 g/mol. The maximum absolute atomic E-state index is 12.9. The molecule has 4 heteroatoms. The Bertz CT molecular complexity index is 1110. The third-order valence-corrected chi connectivity index (χ3v) is 6.69. The van der Waals surface area contributed by atoms with Crippen LogP contribution in [0.5, 0.6) is 0 Å². The second-order valence-corrected chi connectivity index (χ2v) is 9.53. The first kappa shape index (κ1) is 25.4. The van der Waals surface area contributed by atoms with Crippen LogP contribution in [0.2, 0.25) is 0 Å². The molecule has 0 saturated carbocycles. The van der Waals surface area contributed by atoms with Gasteiger partial charge in [0, 0.05) is 11.4 Å². The highest BCUT2D eigenvalue weighted by Gasteiger charge is 2.30. The predicted molar refractivity (Wildman–Crippen MR) is 149 cm³/mol. The highest BCUT2D eigenvalue weighted by Crippen LogP contribution is 2.32. The zero-order valence-electron chi connectivity index (χ0n) is 21.4. The van der Waals surface area contributed by atoms with Gasteiger partial charge in [-0.15, -0.1) is 0 Å². The summed E-state index contributed by atoms with van der Waals surface area (Å²) in [6, 6.07) is 16.6. The van der Waals surface area contributed by atoms with Gasteiger partial charge in [-0.2, -0.15) is 0 Å². The number of allylic oxidation sites excluding steroid dienone is 6. The Morgan fingerprint density at radius 3 is 1.28 bits per heavy atom. The maximum Gasteiger partial charge on any atom is 0.188 e. The van der Waals surface area contributed by atoms with Crippen LogP contribution in [0, 0.1) is 0 Å². The van der Waals surface area contributed by atoms with Crippen molar-refractivity contribution in [1.82, 2.24) is 0 Å². The zero-order valence-corrected chi connectivity index (χ0v) is 21.4. The molecule has 4 rings (SSSR count). The van der Waals surface area contributed by atoms with Crippen molar-refractivity contribution in [3.63, 3.8) is 0 Å². The number of hydrogen-bond donors (Lipinski definition) is 2. The van der Waals surface area contributed by atoms with Crippen LogP contribution in [0.3, 0.4) is 0 Å². The number of fused-ring (bicyclic) bond motifs is 1. The summed E-state index contributed by atoms with van der Waals surface area (Å²) in [7, 11) is 0. The molecule has 4 nitrogen and oxygen atoms in total. The molecular formula is C32H36N2O2. The fraction of sp³-hybridized carbons (Fsp3) is 0.312. The van der Waals surface area contributed by atoms with Crippen molar-refractivity contribution in [2.24, 2.45) is 0 Å². The summed E-state index contributed by atoms with van der Waals surface area (Å²) in [4.78, 5) is 25.8. The molecule has 2 aromatic carbocycles. The lowest BCUT2D eigenvalue weighted by Crippen LogP contribution is -2.24. The van der Waals surface area contributed by atoms with Gasteiger partial charge in [-0.05, 0) is 85.4 Å². The minimum absolute atomic E-state index is 0.168. The number of unbranched alkanes of at least 4 members (excludes halogenated alkanes) is 4. The molecule has 0 radical (unpaired) electrons. The standard InChI is InChI=1S/C32H36N2O2/c1-3-5-7-9-23-11-15-25(16-12-23)33-27-19-21-30(36)32-28(20-22-29(35)31(27)32)34-26-17-13-24(14-18-26)10-8-6-4-2/h11-22,33-34H,3-10H2,1-2H3. The molecule has 0 atom stereocenters. The van der Waals surface area contributed by atoms with Crippen molar-refractivity contribution in [3.05, 3.63) is 107 Å². The smallest absolute Gasteiger partial charge is 0.188 e. The molecule has 2 aliphatic carbocycles. The topological polar surface area (TPSA) is 58.2 Å². The number of benzene rings is 2. The van der Waals surface area contributed by atoms with Gasteiger partial charge in [0.15, 0.2) is 11.6 Å². The van der Waals surface area contributed by atoms with Gasteiger partial charge in [0.25, 0.3) is 0 Å². The first-order valence-corrected chi connectivity index (χ1v) is 13.2. The molecule has 0 saturated heterocycles. The Hall–Kier alpha value is -3.66. The summed E-state index contributed by atoms with van der Waals surface area (Å²) in [6.07, 6.45) is 15.9. The number of ketones is 2. The molecule has 2 aromatic rings. The summed E-state index contributed by atoms with van der Waals surface area (Å²) >= 11 is 0. The molecule has 2 aliphatic rings. The Morgan fingerprint density at radius 2 is 0.917 bits per heavy atom. The van der Waals surface area contributed by atoms with Crippen LogP contribution < -0.4 is 10.6 Å². The lowest BCUT2D eigenvalue weighted by Gasteiger charge is -2.23. The van der Waals surface area contributed by atoms with E-state index < -0.39 is 0 Å². The molecule has 186 valence electrons. The van der Waals surface area contributed by atoms with E-state index in [1.54, 1.807) is 12.2 Å². The van der Waals surface area contributed by atoms with Gasteiger partial charge in [0.2, 0.25) is 0 Å². The summed E-state index contributed by atoms with van der Waals surface area (Å²) in [5, 5.41) is 6.73. The number of anilines is 2. The summed E-state index contributed by atoms with van der Waals surface area (Å²) < 4.78 is 0. The second-order valence-electron chi connectivity index (χ2n) is 9.53. The highest BCUT2D eigenvalue weighted by atomic mass is 16.1. The van der Waals surface area contributed by atoms with E-state index in [2.05, 4.69) is 48.7 Å². The number of aryl methyl sites for hydroxylation is 2. The zero-order chi connectivity index (χ0) is 25.3. The molecule has 0 amide bonds. The Labute approximate surface area is 214 Å². The normalized spacial score (nSPS) is 14.9. The van der Waals surface area contributed by atoms with Crippen molar-refractivity contribution in [1.29, 1.82) is 0 Å². The van der Waals surface area contributed by atoms with Gasteiger partial charge in [-0.1, -0.05) is 63.8 Å². The molecular weight excluding hydrogens is 444 g/mol. The van der Waals surface area contributed by atoms with Crippen LogP contribution in [-0.2, 0) is 22.4 Å². The van der Waals surface area contributed by atoms with E-state index in [4.69, 9.17) is 0 Å². The predicted octanol–water partition coefficient (Wildman–Crippen LogP) is 7.46. The number of nitrogens with one attached hydrogen (secondary N) is 2. The highest BCUT2D eigenvalue weighted by molar-refractivity contribution is 6.23. The van der Waals surface area contributed by atoms with Crippen LogP contribution in [0.4, 0.5) is 11.4 Å². The van der Waals surface area contributed by atoms with Crippen LogP contribution in [0.25, 0.3) is 0 Å². The fourth-order valence-electron chi connectivity index (χ4n) is 4.62. The fourth-order valence-corrected chi connectivity index (χ4v) is 4.62. The van der Waals surface area contributed by atoms with Crippen molar-refractivity contribution in [2.75, 3.05) is 10.6 Å².